The number of aliphatic hydroxyl groups excluding tert-OH is 1. The SMILES string of the molecule is OCc1c(O)cnc(C(F)F)c1CCl. The average Bonchev–Trinajstić information content (AvgIpc) is 2.16. The lowest BCUT2D eigenvalue weighted by atomic mass is 10.1. The standard InChI is InChI=1S/C8H8ClF2NO2/c9-1-4-5(3-13)6(14)2-12-7(4)8(10)11/h2,8,13-14H,1,3H2. The molecular weight excluding hydrogens is 216 g/mol. The fraction of sp³-hybridized carbons (Fsp3) is 0.375. The van der Waals surface area contributed by atoms with Crippen LogP contribution in [0.3, 0.4) is 0 Å². The summed E-state index contributed by atoms with van der Waals surface area (Å²) in [5.74, 6) is -0.552. The molecule has 0 amide bonds. The zero-order valence-electron chi connectivity index (χ0n) is 7.04. The first-order valence-electron chi connectivity index (χ1n) is 3.76. The van der Waals surface area contributed by atoms with E-state index in [2.05, 4.69) is 4.98 Å². The summed E-state index contributed by atoms with van der Waals surface area (Å²) in [7, 11) is 0. The summed E-state index contributed by atoms with van der Waals surface area (Å²) in [5.41, 5.74) is -0.503. The van der Waals surface area contributed by atoms with Crippen molar-refractivity contribution < 1.29 is 19.0 Å². The molecule has 3 nitrogen and oxygen atoms in total. The lowest BCUT2D eigenvalue weighted by Gasteiger charge is -2.10. The maximum atomic E-state index is 12.4. The Morgan fingerprint density at radius 1 is 1.43 bits per heavy atom. The Kier molecular flexibility index (Phi) is 3.60. The molecule has 6 heteroatoms. The van der Waals surface area contributed by atoms with Crippen molar-refractivity contribution in [3.05, 3.63) is 23.0 Å². The summed E-state index contributed by atoms with van der Waals surface area (Å²) in [6.45, 7) is -0.546. The highest BCUT2D eigenvalue weighted by atomic mass is 35.5. The maximum absolute atomic E-state index is 12.4. The molecule has 14 heavy (non-hydrogen) atoms. The van der Waals surface area contributed by atoms with Crippen molar-refractivity contribution in [1.82, 2.24) is 4.98 Å². The topological polar surface area (TPSA) is 53.4 Å². The Labute approximate surface area is 84.0 Å². The number of aromatic hydroxyl groups is 1. The third-order valence-electron chi connectivity index (χ3n) is 1.81. The first-order chi connectivity index (χ1) is 6.61. The van der Waals surface area contributed by atoms with E-state index in [-0.39, 0.29) is 22.8 Å². The van der Waals surface area contributed by atoms with Crippen LogP contribution in [0.15, 0.2) is 6.20 Å². The minimum atomic E-state index is -2.77. The summed E-state index contributed by atoms with van der Waals surface area (Å²) in [4.78, 5) is 3.36. The number of rotatable bonds is 3. The molecule has 0 radical (unpaired) electrons. The Bertz CT molecular complexity index is 333. The fourth-order valence-corrected chi connectivity index (χ4v) is 1.41. The van der Waals surface area contributed by atoms with Crippen LogP contribution in [0.1, 0.15) is 23.2 Å². The van der Waals surface area contributed by atoms with E-state index in [4.69, 9.17) is 16.7 Å². The van der Waals surface area contributed by atoms with Crippen LogP contribution in [0.25, 0.3) is 0 Å². The van der Waals surface area contributed by atoms with Crippen LogP contribution >= 0.6 is 11.6 Å². The van der Waals surface area contributed by atoms with E-state index in [1.807, 2.05) is 0 Å². The average molecular weight is 224 g/mol. The van der Waals surface area contributed by atoms with E-state index in [1.54, 1.807) is 0 Å². The largest absolute Gasteiger partial charge is 0.506 e. The zero-order chi connectivity index (χ0) is 10.7. The number of hydrogen-bond donors (Lipinski definition) is 2. The molecule has 0 aliphatic heterocycles. The zero-order valence-corrected chi connectivity index (χ0v) is 7.80. The van der Waals surface area contributed by atoms with Crippen LogP contribution in [0.4, 0.5) is 8.78 Å². The van der Waals surface area contributed by atoms with Gasteiger partial charge >= 0.3 is 0 Å². The molecule has 2 N–H and O–H groups in total. The second-order valence-electron chi connectivity index (χ2n) is 2.58. The molecule has 0 unspecified atom stereocenters. The monoisotopic (exact) mass is 223 g/mol. The highest BCUT2D eigenvalue weighted by Crippen LogP contribution is 2.29. The summed E-state index contributed by atoms with van der Waals surface area (Å²) in [6.07, 6.45) is -1.89. The highest BCUT2D eigenvalue weighted by molar-refractivity contribution is 6.17. The minimum absolute atomic E-state index is 0.00491. The Hall–Kier alpha value is -0.940. The second-order valence-corrected chi connectivity index (χ2v) is 2.85. The molecule has 0 saturated heterocycles. The van der Waals surface area contributed by atoms with Crippen molar-refractivity contribution in [1.29, 1.82) is 0 Å². The van der Waals surface area contributed by atoms with Gasteiger partial charge in [0, 0.05) is 17.0 Å². The molecule has 0 saturated carbocycles. The number of aliphatic hydroxyl groups is 1. The van der Waals surface area contributed by atoms with E-state index >= 15 is 0 Å². The lowest BCUT2D eigenvalue weighted by molar-refractivity contribution is 0.144. The van der Waals surface area contributed by atoms with Gasteiger partial charge in [0.1, 0.15) is 11.4 Å². The van der Waals surface area contributed by atoms with Crippen LogP contribution in [0.2, 0.25) is 0 Å². The van der Waals surface area contributed by atoms with Crippen molar-refractivity contribution in [2.75, 3.05) is 0 Å². The van der Waals surface area contributed by atoms with E-state index in [0.717, 1.165) is 6.20 Å². The predicted octanol–water partition coefficient (Wildman–Crippen LogP) is 1.96. The van der Waals surface area contributed by atoms with Crippen molar-refractivity contribution in [3.8, 4) is 5.75 Å². The van der Waals surface area contributed by atoms with E-state index in [1.165, 1.54) is 0 Å². The van der Waals surface area contributed by atoms with Gasteiger partial charge in [-0.25, -0.2) is 8.78 Å². The van der Waals surface area contributed by atoms with Gasteiger partial charge in [0.05, 0.1) is 12.8 Å². The molecule has 78 valence electrons. The summed E-state index contributed by atoms with van der Waals surface area (Å²) in [6, 6.07) is 0. The number of hydrogen-bond acceptors (Lipinski definition) is 3. The van der Waals surface area contributed by atoms with Crippen LogP contribution < -0.4 is 0 Å². The van der Waals surface area contributed by atoms with Crippen LogP contribution in [-0.4, -0.2) is 15.2 Å². The fourth-order valence-electron chi connectivity index (χ4n) is 1.11. The molecule has 1 rings (SSSR count). The summed E-state index contributed by atoms with van der Waals surface area (Å²) < 4.78 is 24.8. The van der Waals surface area contributed by atoms with Crippen molar-refractivity contribution in [2.45, 2.75) is 18.9 Å². The van der Waals surface area contributed by atoms with Gasteiger partial charge in [-0.05, 0) is 0 Å². The molecule has 0 spiro atoms. The first-order valence-corrected chi connectivity index (χ1v) is 4.29. The molecule has 1 aromatic heterocycles. The van der Waals surface area contributed by atoms with Crippen molar-refractivity contribution >= 4 is 11.6 Å². The number of aromatic nitrogens is 1. The highest BCUT2D eigenvalue weighted by Gasteiger charge is 2.19. The Balaban J connectivity index is 3.33. The van der Waals surface area contributed by atoms with Gasteiger partial charge in [0.25, 0.3) is 6.43 Å². The lowest BCUT2D eigenvalue weighted by Crippen LogP contribution is -2.02. The molecule has 0 aliphatic carbocycles. The summed E-state index contributed by atoms with van der Waals surface area (Å²) in [5, 5.41) is 18.0. The Morgan fingerprint density at radius 3 is 2.50 bits per heavy atom. The van der Waals surface area contributed by atoms with Gasteiger partial charge < -0.3 is 10.2 Å². The number of halogens is 3. The number of pyridine rings is 1. The van der Waals surface area contributed by atoms with Gasteiger partial charge in [-0.15, -0.1) is 11.6 Å². The molecule has 0 bridgehead atoms. The van der Waals surface area contributed by atoms with Gasteiger partial charge in [0.2, 0.25) is 0 Å². The first kappa shape index (κ1) is 11.1. The molecular formula is C8H8ClF2NO2. The molecule has 1 aromatic rings. The molecule has 0 aliphatic rings. The molecule has 1 heterocycles. The molecule has 0 atom stereocenters. The number of alkyl halides is 3. The molecule has 0 fully saturated rings. The van der Waals surface area contributed by atoms with Crippen molar-refractivity contribution in [3.63, 3.8) is 0 Å². The van der Waals surface area contributed by atoms with Gasteiger partial charge in [0.15, 0.2) is 0 Å². The number of nitrogens with zero attached hydrogens (tertiary/aromatic N) is 1. The minimum Gasteiger partial charge on any atom is -0.506 e. The van der Waals surface area contributed by atoms with Crippen LogP contribution in [0, 0.1) is 0 Å². The normalized spacial score (nSPS) is 10.9. The second kappa shape index (κ2) is 4.52. The van der Waals surface area contributed by atoms with E-state index in [0.29, 0.717) is 0 Å². The Morgan fingerprint density at radius 2 is 2.07 bits per heavy atom. The van der Waals surface area contributed by atoms with Gasteiger partial charge in [-0.3, -0.25) is 4.98 Å². The van der Waals surface area contributed by atoms with Gasteiger partial charge in [-0.1, -0.05) is 0 Å². The van der Waals surface area contributed by atoms with Crippen LogP contribution in [0.5, 0.6) is 5.75 Å². The van der Waals surface area contributed by atoms with E-state index in [9.17, 15) is 13.9 Å². The molecule has 0 aromatic carbocycles. The van der Waals surface area contributed by atoms with Crippen LogP contribution in [-0.2, 0) is 12.5 Å². The third kappa shape index (κ3) is 1.93. The van der Waals surface area contributed by atoms with E-state index < -0.39 is 18.7 Å². The predicted molar refractivity (Wildman–Crippen MR) is 46.3 cm³/mol. The smallest absolute Gasteiger partial charge is 0.280 e. The summed E-state index contributed by atoms with van der Waals surface area (Å²) >= 11 is 5.44. The van der Waals surface area contributed by atoms with Crippen molar-refractivity contribution in [2.24, 2.45) is 0 Å². The quantitative estimate of drug-likeness (QED) is 0.771. The van der Waals surface area contributed by atoms with Gasteiger partial charge in [-0.2, -0.15) is 0 Å². The third-order valence-corrected chi connectivity index (χ3v) is 2.07. The maximum Gasteiger partial charge on any atom is 0.280 e.